The van der Waals surface area contributed by atoms with Crippen LogP contribution in [0.25, 0.3) is 0 Å². The van der Waals surface area contributed by atoms with Crippen LogP contribution in [0.2, 0.25) is 0 Å². The average Bonchev–Trinajstić information content (AvgIpc) is 2.90. The van der Waals surface area contributed by atoms with Gasteiger partial charge in [-0.1, -0.05) is 50.1 Å². The van der Waals surface area contributed by atoms with Gasteiger partial charge in [-0.3, -0.25) is 9.69 Å². The van der Waals surface area contributed by atoms with Gasteiger partial charge in [0.25, 0.3) is 0 Å². The Bertz CT molecular complexity index is 626. The Morgan fingerprint density at radius 3 is 2.83 bits per heavy atom. The first-order valence-corrected chi connectivity index (χ1v) is 8.59. The zero-order valence-electron chi connectivity index (χ0n) is 13.9. The van der Waals surface area contributed by atoms with Crippen molar-refractivity contribution in [3.63, 3.8) is 0 Å². The van der Waals surface area contributed by atoms with Crippen LogP contribution in [0.15, 0.2) is 42.2 Å². The summed E-state index contributed by atoms with van der Waals surface area (Å²) in [6.07, 6.45) is 6.15. The smallest absolute Gasteiger partial charge is 0.337 e. The Kier molecular flexibility index (Phi) is 5.18. The number of β-lactam (4-membered cyclic amide) rings is 1. The van der Waals surface area contributed by atoms with Crippen molar-refractivity contribution in [2.24, 2.45) is 0 Å². The molecule has 1 amide bonds. The molecule has 0 saturated carbocycles. The summed E-state index contributed by atoms with van der Waals surface area (Å²) in [4.78, 5) is 25.8. The predicted octanol–water partition coefficient (Wildman–Crippen LogP) is 3.15. The average molecular weight is 329 g/mol. The SMILES string of the molecule is CCCCC/C=C1\OC2CC(=O)N2C1C(=O)OCc1ccccc1. The first-order valence-electron chi connectivity index (χ1n) is 8.59. The zero-order chi connectivity index (χ0) is 16.9. The van der Waals surface area contributed by atoms with Crippen molar-refractivity contribution in [3.05, 3.63) is 47.7 Å². The number of esters is 1. The molecule has 0 aliphatic carbocycles. The lowest BCUT2D eigenvalue weighted by molar-refractivity contribution is -0.166. The lowest BCUT2D eigenvalue weighted by Crippen LogP contribution is -2.55. The number of nitrogens with zero attached hydrogens (tertiary/aromatic N) is 1. The quantitative estimate of drug-likeness (QED) is 0.438. The Morgan fingerprint density at radius 2 is 2.12 bits per heavy atom. The van der Waals surface area contributed by atoms with Gasteiger partial charge in [0.15, 0.2) is 12.3 Å². The summed E-state index contributed by atoms with van der Waals surface area (Å²) in [6.45, 7) is 2.35. The molecule has 0 aromatic heterocycles. The second-order valence-corrected chi connectivity index (χ2v) is 6.18. The normalized spacial score (nSPS) is 23.6. The molecular weight excluding hydrogens is 306 g/mol. The van der Waals surface area contributed by atoms with Gasteiger partial charge in [-0.25, -0.2) is 4.79 Å². The highest BCUT2D eigenvalue weighted by Gasteiger charge is 2.54. The molecule has 1 aromatic rings. The van der Waals surface area contributed by atoms with Crippen LogP contribution < -0.4 is 0 Å². The highest BCUT2D eigenvalue weighted by molar-refractivity contribution is 5.91. The number of hydrogen-bond donors (Lipinski definition) is 0. The van der Waals surface area contributed by atoms with Gasteiger partial charge in [-0.05, 0) is 24.5 Å². The molecule has 3 rings (SSSR count). The topological polar surface area (TPSA) is 55.8 Å². The van der Waals surface area contributed by atoms with Crippen LogP contribution in [0.4, 0.5) is 0 Å². The third kappa shape index (κ3) is 3.45. The molecule has 2 aliphatic heterocycles. The molecule has 2 saturated heterocycles. The number of unbranched alkanes of at least 4 members (excludes halogenated alkanes) is 3. The van der Waals surface area contributed by atoms with Gasteiger partial charge < -0.3 is 9.47 Å². The molecule has 0 bridgehead atoms. The van der Waals surface area contributed by atoms with Gasteiger partial charge in [0.05, 0.1) is 6.42 Å². The van der Waals surface area contributed by atoms with Crippen molar-refractivity contribution < 1.29 is 19.1 Å². The molecule has 1 aromatic carbocycles. The van der Waals surface area contributed by atoms with E-state index >= 15 is 0 Å². The van der Waals surface area contributed by atoms with Crippen LogP contribution in [0.5, 0.6) is 0 Å². The van der Waals surface area contributed by atoms with Gasteiger partial charge in [-0.2, -0.15) is 0 Å². The fourth-order valence-corrected chi connectivity index (χ4v) is 3.00. The second kappa shape index (κ2) is 7.51. The maximum Gasteiger partial charge on any atom is 0.337 e. The molecule has 2 fully saturated rings. The third-order valence-corrected chi connectivity index (χ3v) is 4.37. The number of carbonyl (C=O) groups excluding carboxylic acids is 2. The van der Waals surface area contributed by atoms with E-state index in [2.05, 4.69) is 6.92 Å². The van der Waals surface area contributed by atoms with E-state index in [1.165, 1.54) is 4.90 Å². The monoisotopic (exact) mass is 329 g/mol. The maximum absolute atomic E-state index is 12.5. The van der Waals surface area contributed by atoms with Crippen LogP contribution in [0, 0.1) is 0 Å². The molecule has 0 N–H and O–H groups in total. The second-order valence-electron chi connectivity index (χ2n) is 6.18. The van der Waals surface area contributed by atoms with Gasteiger partial charge in [-0.15, -0.1) is 0 Å². The summed E-state index contributed by atoms with van der Waals surface area (Å²) < 4.78 is 11.2. The molecule has 24 heavy (non-hydrogen) atoms. The van der Waals surface area contributed by atoms with E-state index in [-0.39, 0.29) is 18.7 Å². The summed E-state index contributed by atoms with van der Waals surface area (Å²) in [5, 5.41) is 0. The van der Waals surface area contributed by atoms with E-state index in [4.69, 9.17) is 9.47 Å². The zero-order valence-corrected chi connectivity index (χ0v) is 13.9. The predicted molar refractivity (Wildman–Crippen MR) is 88.6 cm³/mol. The molecule has 2 heterocycles. The lowest BCUT2D eigenvalue weighted by Gasteiger charge is -2.33. The minimum Gasteiger partial charge on any atom is -0.472 e. The van der Waals surface area contributed by atoms with Crippen LogP contribution in [-0.4, -0.2) is 29.0 Å². The summed E-state index contributed by atoms with van der Waals surface area (Å²) in [6, 6.07) is 8.79. The number of carbonyl (C=O) groups is 2. The number of benzene rings is 1. The van der Waals surface area contributed by atoms with E-state index in [9.17, 15) is 9.59 Å². The molecule has 128 valence electrons. The Morgan fingerprint density at radius 1 is 1.33 bits per heavy atom. The fraction of sp³-hybridized carbons (Fsp3) is 0.474. The van der Waals surface area contributed by atoms with Crippen molar-refractivity contribution in [1.29, 1.82) is 0 Å². The Labute approximate surface area is 142 Å². The van der Waals surface area contributed by atoms with Gasteiger partial charge in [0.2, 0.25) is 5.91 Å². The summed E-state index contributed by atoms with van der Waals surface area (Å²) in [7, 11) is 0. The lowest BCUT2D eigenvalue weighted by atomic mass is 10.1. The van der Waals surface area contributed by atoms with E-state index in [1.807, 2.05) is 36.4 Å². The van der Waals surface area contributed by atoms with Crippen molar-refractivity contribution in [2.75, 3.05) is 0 Å². The fourth-order valence-electron chi connectivity index (χ4n) is 3.00. The minimum absolute atomic E-state index is 0.0568. The number of rotatable bonds is 7. The Hall–Kier alpha value is -2.30. The maximum atomic E-state index is 12.5. The highest BCUT2D eigenvalue weighted by Crippen LogP contribution is 2.37. The van der Waals surface area contributed by atoms with E-state index < -0.39 is 12.0 Å². The van der Waals surface area contributed by atoms with Crippen molar-refractivity contribution in [2.45, 2.75) is 57.9 Å². The van der Waals surface area contributed by atoms with Gasteiger partial charge in [0, 0.05) is 0 Å². The van der Waals surface area contributed by atoms with Crippen LogP contribution in [-0.2, 0) is 25.7 Å². The van der Waals surface area contributed by atoms with Gasteiger partial charge in [0.1, 0.15) is 12.4 Å². The van der Waals surface area contributed by atoms with Crippen LogP contribution in [0.1, 0.15) is 44.6 Å². The molecule has 5 nitrogen and oxygen atoms in total. The standard InChI is InChI=1S/C19H23NO4/c1-2-3-4-8-11-15-18(20-16(21)12-17(20)24-15)19(22)23-13-14-9-6-5-7-10-14/h5-7,9-11,17-18H,2-4,8,12-13H2,1H3/b15-11-. The Balaban J connectivity index is 1.64. The highest BCUT2D eigenvalue weighted by atomic mass is 16.6. The number of ether oxygens (including phenoxy) is 2. The number of fused-ring (bicyclic) bond motifs is 1. The first-order chi connectivity index (χ1) is 11.7. The molecule has 0 spiro atoms. The molecule has 2 atom stereocenters. The van der Waals surface area contributed by atoms with Crippen molar-refractivity contribution in [3.8, 4) is 0 Å². The van der Waals surface area contributed by atoms with E-state index in [1.54, 1.807) is 0 Å². The van der Waals surface area contributed by atoms with Crippen LogP contribution in [0.3, 0.4) is 0 Å². The minimum atomic E-state index is -0.721. The first kappa shape index (κ1) is 16.6. The largest absolute Gasteiger partial charge is 0.472 e. The number of allylic oxidation sites excluding steroid dienone is 1. The molecular formula is C19H23NO4. The molecule has 5 heteroatoms. The number of amides is 1. The third-order valence-electron chi connectivity index (χ3n) is 4.37. The van der Waals surface area contributed by atoms with E-state index in [0.29, 0.717) is 12.2 Å². The number of hydrogen-bond acceptors (Lipinski definition) is 4. The summed E-state index contributed by atoms with van der Waals surface area (Å²) in [5.41, 5.74) is 0.921. The summed E-state index contributed by atoms with van der Waals surface area (Å²) in [5.74, 6) is 0.0924. The van der Waals surface area contributed by atoms with E-state index in [0.717, 1.165) is 31.2 Å². The summed E-state index contributed by atoms with van der Waals surface area (Å²) >= 11 is 0. The molecule has 2 aliphatic rings. The van der Waals surface area contributed by atoms with Crippen molar-refractivity contribution in [1.82, 2.24) is 4.90 Å². The van der Waals surface area contributed by atoms with Crippen LogP contribution >= 0.6 is 0 Å². The molecule has 0 radical (unpaired) electrons. The molecule has 2 unspecified atom stereocenters. The van der Waals surface area contributed by atoms with Crippen molar-refractivity contribution >= 4 is 11.9 Å². The van der Waals surface area contributed by atoms with Gasteiger partial charge >= 0.3 is 5.97 Å².